The average molecular weight is 437 g/mol. The van der Waals surface area contributed by atoms with Gasteiger partial charge in [0, 0.05) is 17.7 Å². The molecule has 6 aromatic rings. The maximum atomic E-state index is 13.9. The van der Waals surface area contributed by atoms with Crippen molar-refractivity contribution in [2.75, 3.05) is 0 Å². The first-order chi connectivity index (χ1) is 16.0. The summed E-state index contributed by atoms with van der Waals surface area (Å²) in [5, 5.41) is 5.71. The molecule has 0 unspecified atom stereocenters. The van der Waals surface area contributed by atoms with Crippen LogP contribution in [0.25, 0.3) is 44.2 Å². The number of aromatic nitrogens is 5. The number of hydrogen-bond donors (Lipinski definition) is 0. The monoisotopic (exact) mass is 437 g/mol. The smallest absolute Gasteiger partial charge is 0.346 e. The van der Waals surface area contributed by atoms with Gasteiger partial charge >= 0.3 is 5.63 Å². The number of aryl methyl sites for hydroxylation is 1. The van der Waals surface area contributed by atoms with E-state index < -0.39 is 17.0 Å². The Morgan fingerprint density at radius 2 is 1.64 bits per heavy atom. The first kappa shape index (κ1) is 19.1. The molecule has 160 valence electrons. The maximum absolute atomic E-state index is 13.9. The van der Waals surface area contributed by atoms with E-state index in [1.807, 2.05) is 18.2 Å². The Morgan fingerprint density at radius 1 is 0.909 bits per heavy atom. The van der Waals surface area contributed by atoms with Crippen LogP contribution in [0, 0.1) is 6.92 Å². The first-order valence-electron chi connectivity index (χ1n) is 10.2. The van der Waals surface area contributed by atoms with Gasteiger partial charge in [-0.2, -0.15) is 9.67 Å². The summed E-state index contributed by atoms with van der Waals surface area (Å²) in [4.78, 5) is 48.2. The van der Waals surface area contributed by atoms with Gasteiger partial charge in [0.2, 0.25) is 11.6 Å². The zero-order valence-corrected chi connectivity index (χ0v) is 17.6. The van der Waals surface area contributed by atoms with Crippen LogP contribution in [0.15, 0.2) is 68.6 Å². The summed E-state index contributed by atoms with van der Waals surface area (Å²) < 4.78 is 8.08. The van der Waals surface area contributed by atoms with Gasteiger partial charge in [0.1, 0.15) is 5.58 Å². The lowest BCUT2D eigenvalue weighted by Crippen LogP contribution is -2.20. The third-order valence-corrected chi connectivity index (χ3v) is 5.66. The van der Waals surface area contributed by atoms with E-state index in [0.717, 1.165) is 0 Å². The van der Waals surface area contributed by atoms with Crippen LogP contribution >= 0.6 is 0 Å². The van der Waals surface area contributed by atoms with Crippen LogP contribution in [-0.2, 0) is 0 Å². The second-order valence-electron chi connectivity index (χ2n) is 7.71. The van der Waals surface area contributed by atoms with Crippen molar-refractivity contribution in [3.63, 3.8) is 0 Å². The van der Waals surface area contributed by atoms with E-state index in [-0.39, 0.29) is 28.0 Å². The van der Waals surface area contributed by atoms with E-state index in [0.29, 0.717) is 27.7 Å². The number of nitrogens with zero attached hydrogens (tertiary/aromatic N) is 5. The van der Waals surface area contributed by atoms with Crippen LogP contribution in [0.3, 0.4) is 0 Å². The second-order valence-corrected chi connectivity index (χ2v) is 7.71. The van der Waals surface area contributed by atoms with E-state index in [1.54, 1.807) is 43.3 Å². The molecule has 0 fully saturated rings. The van der Waals surface area contributed by atoms with Gasteiger partial charge in [-0.15, -0.1) is 5.10 Å². The Hall–Kier alpha value is -4.66. The van der Waals surface area contributed by atoms with E-state index in [4.69, 9.17) is 4.42 Å². The van der Waals surface area contributed by atoms with Gasteiger partial charge in [0.15, 0.2) is 11.4 Å². The molecule has 0 aliphatic rings. The Balaban J connectivity index is 1.92. The normalized spacial score (nSPS) is 11.7. The molecule has 0 spiro atoms. The minimum atomic E-state index is -0.591. The summed E-state index contributed by atoms with van der Waals surface area (Å²) in [5.74, 6) is -0.302. The van der Waals surface area contributed by atoms with Crippen molar-refractivity contribution in [1.82, 2.24) is 24.1 Å². The topological polar surface area (TPSA) is 112 Å². The van der Waals surface area contributed by atoms with Crippen LogP contribution in [0.5, 0.6) is 0 Å². The molecule has 2 aromatic carbocycles. The maximum Gasteiger partial charge on any atom is 0.346 e. The SMILES string of the molecule is CC(=O)c1nn(-c2ccccc2)c2nc3nc(C)c4c(=O)oc5ccccc5c4c3c(=O)n12. The van der Waals surface area contributed by atoms with Crippen LogP contribution in [-0.4, -0.2) is 29.9 Å². The highest BCUT2D eigenvalue weighted by Gasteiger charge is 2.24. The fourth-order valence-electron chi connectivity index (χ4n) is 4.24. The number of hydrogen-bond acceptors (Lipinski definition) is 7. The highest BCUT2D eigenvalue weighted by Crippen LogP contribution is 2.29. The number of fused-ring (bicyclic) bond motifs is 6. The average Bonchev–Trinajstić information content (AvgIpc) is 3.19. The summed E-state index contributed by atoms with van der Waals surface area (Å²) in [7, 11) is 0. The quantitative estimate of drug-likeness (QED) is 0.232. The van der Waals surface area contributed by atoms with Gasteiger partial charge in [-0.05, 0) is 25.1 Å². The Morgan fingerprint density at radius 3 is 2.39 bits per heavy atom. The third-order valence-electron chi connectivity index (χ3n) is 5.66. The van der Waals surface area contributed by atoms with Crippen LogP contribution in [0.2, 0.25) is 0 Å². The highest BCUT2D eigenvalue weighted by atomic mass is 16.4. The number of carbonyl (C=O) groups is 1. The Labute approximate surface area is 184 Å². The number of carbonyl (C=O) groups excluding carboxylic acids is 1. The first-order valence-corrected chi connectivity index (χ1v) is 10.2. The molecular weight excluding hydrogens is 422 g/mol. The van der Waals surface area contributed by atoms with Gasteiger partial charge in [0.25, 0.3) is 5.56 Å². The minimum Gasteiger partial charge on any atom is -0.422 e. The van der Waals surface area contributed by atoms with E-state index >= 15 is 0 Å². The molecule has 33 heavy (non-hydrogen) atoms. The molecular formula is C24H15N5O4. The second kappa shape index (κ2) is 6.67. The largest absolute Gasteiger partial charge is 0.422 e. The summed E-state index contributed by atoms with van der Waals surface area (Å²) in [6.07, 6.45) is 0. The molecule has 0 saturated heterocycles. The van der Waals surface area contributed by atoms with Crippen molar-refractivity contribution >= 4 is 44.3 Å². The molecule has 0 atom stereocenters. The van der Waals surface area contributed by atoms with Crippen LogP contribution in [0.1, 0.15) is 23.2 Å². The third kappa shape index (κ3) is 2.59. The molecule has 0 amide bonds. The summed E-state index contributed by atoms with van der Waals surface area (Å²) in [6.45, 7) is 3.01. The zero-order valence-electron chi connectivity index (χ0n) is 17.6. The Kier molecular flexibility index (Phi) is 3.85. The molecule has 0 aliphatic heterocycles. The fourth-order valence-corrected chi connectivity index (χ4v) is 4.24. The summed E-state index contributed by atoms with van der Waals surface area (Å²) >= 11 is 0. The van der Waals surface area contributed by atoms with Gasteiger partial charge in [0.05, 0.1) is 22.2 Å². The van der Waals surface area contributed by atoms with Crippen LogP contribution < -0.4 is 11.2 Å². The molecule has 9 nitrogen and oxygen atoms in total. The number of pyridine rings is 1. The lowest BCUT2D eigenvalue weighted by atomic mass is 10.0. The number of para-hydroxylation sites is 2. The van der Waals surface area contributed by atoms with Gasteiger partial charge < -0.3 is 4.42 Å². The van der Waals surface area contributed by atoms with Crippen molar-refractivity contribution in [1.29, 1.82) is 0 Å². The lowest BCUT2D eigenvalue weighted by molar-refractivity contribution is 0.100. The van der Waals surface area contributed by atoms with Gasteiger partial charge in [-0.3, -0.25) is 9.59 Å². The van der Waals surface area contributed by atoms with Crippen molar-refractivity contribution in [2.45, 2.75) is 13.8 Å². The molecule has 9 heteroatoms. The number of Topliss-reactive ketones (excluding diaryl/α,β-unsaturated/α-hetero) is 1. The zero-order chi connectivity index (χ0) is 22.9. The van der Waals surface area contributed by atoms with Crippen molar-refractivity contribution in [3.8, 4) is 5.69 Å². The van der Waals surface area contributed by atoms with Gasteiger partial charge in [-0.1, -0.05) is 36.4 Å². The van der Waals surface area contributed by atoms with Gasteiger partial charge in [-0.25, -0.2) is 14.2 Å². The summed E-state index contributed by atoms with van der Waals surface area (Å²) in [6, 6.07) is 16.1. The molecule has 0 bridgehead atoms. The van der Waals surface area contributed by atoms with Crippen molar-refractivity contribution in [2.24, 2.45) is 0 Å². The molecule has 6 rings (SSSR count). The standard InChI is InChI=1S/C24H15N5O4/c1-12-17-18(15-10-6-7-11-16(15)33-23(17)32)19-20(25-12)26-24-28(22(19)31)21(13(2)30)27-29(24)14-8-4-3-5-9-14/h3-11H,1-2H3. The summed E-state index contributed by atoms with van der Waals surface area (Å²) in [5.41, 5.74) is 0.414. The molecule has 4 heterocycles. The molecule has 0 N–H and O–H groups in total. The van der Waals surface area contributed by atoms with Crippen LogP contribution in [0.4, 0.5) is 0 Å². The predicted molar refractivity (Wildman–Crippen MR) is 122 cm³/mol. The van der Waals surface area contributed by atoms with E-state index in [1.165, 1.54) is 16.0 Å². The lowest BCUT2D eigenvalue weighted by Gasteiger charge is -2.09. The van der Waals surface area contributed by atoms with E-state index in [2.05, 4.69) is 15.1 Å². The molecule has 0 aliphatic carbocycles. The van der Waals surface area contributed by atoms with Crippen molar-refractivity contribution < 1.29 is 9.21 Å². The number of rotatable bonds is 2. The fraction of sp³-hybridized carbons (Fsp3) is 0.0833. The van der Waals surface area contributed by atoms with Crippen molar-refractivity contribution in [3.05, 3.63) is 86.9 Å². The number of benzene rings is 2. The predicted octanol–water partition coefficient (Wildman–Crippen LogP) is 3.20. The highest BCUT2D eigenvalue weighted by molar-refractivity contribution is 6.17. The molecule has 0 radical (unpaired) electrons. The Bertz CT molecular complexity index is 1900. The minimum absolute atomic E-state index is 0.0609. The molecule has 0 saturated carbocycles. The molecule has 4 aromatic heterocycles. The number of ketones is 1. The van der Waals surface area contributed by atoms with E-state index in [9.17, 15) is 14.4 Å².